The maximum Gasteiger partial charge on any atom is 0.227 e. The van der Waals surface area contributed by atoms with E-state index in [-0.39, 0.29) is 35.6 Å². The molecular weight excluding hydrogens is 252 g/mol. The molecule has 0 fully saturated rings. The summed E-state index contributed by atoms with van der Waals surface area (Å²) in [6.45, 7) is 6.12. The average molecular weight is 276 g/mol. The number of hydrogen-bond acceptors (Lipinski definition) is 4. The van der Waals surface area contributed by atoms with Crippen LogP contribution in [0.2, 0.25) is 0 Å². The van der Waals surface area contributed by atoms with Crippen molar-refractivity contribution < 1.29 is 14.7 Å². The molecule has 0 aliphatic heterocycles. The summed E-state index contributed by atoms with van der Waals surface area (Å²) in [6, 6.07) is -0.0452. The van der Waals surface area contributed by atoms with Gasteiger partial charge in [-0.3, -0.25) is 9.59 Å². The van der Waals surface area contributed by atoms with Gasteiger partial charge in [0, 0.05) is 24.8 Å². The van der Waals surface area contributed by atoms with Crippen molar-refractivity contribution in [3.8, 4) is 0 Å². The van der Waals surface area contributed by atoms with E-state index >= 15 is 0 Å². The van der Waals surface area contributed by atoms with Crippen LogP contribution in [-0.4, -0.2) is 41.1 Å². The van der Waals surface area contributed by atoms with Gasteiger partial charge in [-0.1, -0.05) is 20.8 Å². The van der Waals surface area contributed by atoms with Crippen LogP contribution in [0.5, 0.6) is 0 Å². The van der Waals surface area contributed by atoms with Gasteiger partial charge in [0.1, 0.15) is 0 Å². The molecule has 0 aromatic heterocycles. The highest BCUT2D eigenvalue weighted by Gasteiger charge is 2.25. The summed E-state index contributed by atoms with van der Waals surface area (Å²) >= 11 is 1.35. The second kappa shape index (κ2) is 8.37. The van der Waals surface area contributed by atoms with E-state index in [2.05, 4.69) is 5.32 Å². The fourth-order valence-electron chi connectivity index (χ4n) is 1.45. The van der Waals surface area contributed by atoms with Gasteiger partial charge in [0.15, 0.2) is 0 Å². The molecular formula is C12H24N2O3S. The number of aliphatic hydroxyl groups excluding tert-OH is 1. The Morgan fingerprint density at radius 1 is 1.39 bits per heavy atom. The van der Waals surface area contributed by atoms with Crippen molar-refractivity contribution in [1.82, 2.24) is 5.32 Å². The minimum atomic E-state index is -0.367. The van der Waals surface area contributed by atoms with Gasteiger partial charge in [-0.2, -0.15) is 11.8 Å². The zero-order valence-electron chi connectivity index (χ0n) is 11.4. The first-order chi connectivity index (χ1) is 8.27. The van der Waals surface area contributed by atoms with Crippen LogP contribution in [0.1, 0.15) is 33.6 Å². The quantitative estimate of drug-likeness (QED) is 0.563. The Balaban J connectivity index is 3.99. The SMILES string of the molecule is CC(C)(C)C(CCO)NC(=O)CCSCC(N)=O. The molecule has 0 spiro atoms. The van der Waals surface area contributed by atoms with Gasteiger partial charge in [-0.15, -0.1) is 0 Å². The smallest absolute Gasteiger partial charge is 0.227 e. The van der Waals surface area contributed by atoms with Gasteiger partial charge < -0.3 is 16.2 Å². The number of hydrogen-bond donors (Lipinski definition) is 3. The van der Waals surface area contributed by atoms with Crippen LogP contribution in [-0.2, 0) is 9.59 Å². The lowest BCUT2D eigenvalue weighted by Crippen LogP contribution is -2.44. The molecule has 106 valence electrons. The van der Waals surface area contributed by atoms with Crippen molar-refractivity contribution in [3.05, 3.63) is 0 Å². The number of primary amides is 1. The maximum absolute atomic E-state index is 11.7. The zero-order chi connectivity index (χ0) is 14.2. The van der Waals surface area contributed by atoms with Gasteiger partial charge in [0.2, 0.25) is 11.8 Å². The summed E-state index contributed by atoms with van der Waals surface area (Å²) in [5, 5.41) is 11.9. The number of carbonyl (C=O) groups excluding carboxylic acids is 2. The molecule has 0 rings (SSSR count). The molecule has 1 unspecified atom stereocenters. The number of thioether (sulfide) groups is 1. The van der Waals surface area contributed by atoms with Crippen molar-refractivity contribution in [1.29, 1.82) is 0 Å². The third kappa shape index (κ3) is 8.36. The molecule has 0 heterocycles. The molecule has 0 aliphatic rings. The highest BCUT2D eigenvalue weighted by molar-refractivity contribution is 7.99. The van der Waals surface area contributed by atoms with Crippen LogP contribution < -0.4 is 11.1 Å². The monoisotopic (exact) mass is 276 g/mol. The van der Waals surface area contributed by atoms with Crippen molar-refractivity contribution in [3.63, 3.8) is 0 Å². The Hall–Kier alpha value is -0.750. The number of aliphatic hydroxyl groups is 1. The fourth-order valence-corrected chi connectivity index (χ4v) is 2.13. The second-order valence-corrected chi connectivity index (χ2v) is 6.37. The van der Waals surface area contributed by atoms with E-state index in [9.17, 15) is 9.59 Å². The zero-order valence-corrected chi connectivity index (χ0v) is 12.2. The first-order valence-corrected chi connectivity index (χ1v) is 7.19. The van der Waals surface area contributed by atoms with E-state index in [1.807, 2.05) is 20.8 Å². The first-order valence-electron chi connectivity index (χ1n) is 6.03. The van der Waals surface area contributed by atoms with Crippen molar-refractivity contribution in [2.24, 2.45) is 11.1 Å². The molecule has 4 N–H and O–H groups in total. The third-order valence-electron chi connectivity index (χ3n) is 2.52. The first kappa shape index (κ1) is 17.2. The van der Waals surface area contributed by atoms with Crippen LogP contribution in [0, 0.1) is 5.41 Å². The van der Waals surface area contributed by atoms with E-state index in [4.69, 9.17) is 10.8 Å². The highest BCUT2D eigenvalue weighted by Crippen LogP contribution is 2.21. The van der Waals surface area contributed by atoms with Crippen LogP contribution in [0.4, 0.5) is 0 Å². The number of nitrogens with two attached hydrogens (primary N) is 1. The van der Waals surface area contributed by atoms with Crippen molar-refractivity contribution in [2.75, 3.05) is 18.1 Å². The van der Waals surface area contributed by atoms with E-state index in [1.54, 1.807) is 0 Å². The van der Waals surface area contributed by atoms with E-state index in [1.165, 1.54) is 11.8 Å². The Bertz CT molecular complexity index is 277. The minimum absolute atomic E-state index is 0.0452. The summed E-state index contributed by atoms with van der Waals surface area (Å²) in [4.78, 5) is 22.2. The van der Waals surface area contributed by atoms with Gasteiger partial charge in [-0.25, -0.2) is 0 Å². The predicted molar refractivity (Wildman–Crippen MR) is 74.2 cm³/mol. The molecule has 0 radical (unpaired) electrons. The average Bonchev–Trinajstić information content (AvgIpc) is 2.22. The van der Waals surface area contributed by atoms with Gasteiger partial charge in [0.25, 0.3) is 0 Å². The Morgan fingerprint density at radius 3 is 2.44 bits per heavy atom. The van der Waals surface area contributed by atoms with E-state index < -0.39 is 0 Å². The highest BCUT2D eigenvalue weighted by atomic mass is 32.2. The Morgan fingerprint density at radius 2 is 2.00 bits per heavy atom. The molecule has 0 aromatic rings. The van der Waals surface area contributed by atoms with E-state index in [0.717, 1.165) is 0 Å². The minimum Gasteiger partial charge on any atom is -0.396 e. The summed E-state index contributed by atoms with van der Waals surface area (Å²) in [7, 11) is 0. The largest absolute Gasteiger partial charge is 0.396 e. The Labute approximate surface area is 113 Å². The third-order valence-corrected chi connectivity index (χ3v) is 3.50. The maximum atomic E-state index is 11.7. The van der Waals surface area contributed by atoms with Gasteiger partial charge in [-0.05, 0) is 11.8 Å². The molecule has 0 bridgehead atoms. The van der Waals surface area contributed by atoms with Crippen LogP contribution in [0.25, 0.3) is 0 Å². The molecule has 0 aliphatic carbocycles. The molecule has 0 saturated heterocycles. The molecule has 1 atom stereocenters. The van der Waals surface area contributed by atoms with Gasteiger partial charge in [0.05, 0.1) is 5.75 Å². The lowest BCUT2D eigenvalue weighted by molar-refractivity contribution is -0.122. The van der Waals surface area contributed by atoms with Crippen LogP contribution >= 0.6 is 11.8 Å². The van der Waals surface area contributed by atoms with Crippen LogP contribution in [0.3, 0.4) is 0 Å². The number of amides is 2. The summed E-state index contributed by atoms with van der Waals surface area (Å²) in [5.41, 5.74) is 4.91. The fraction of sp³-hybridized carbons (Fsp3) is 0.833. The summed E-state index contributed by atoms with van der Waals surface area (Å²) in [5.74, 6) is 0.394. The van der Waals surface area contributed by atoms with Crippen LogP contribution in [0.15, 0.2) is 0 Å². The molecule has 2 amide bonds. The standard InChI is InChI=1S/C12H24N2O3S/c1-12(2,3)9(4-6-15)14-11(17)5-7-18-8-10(13)16/h9,15H,4-8H2,1-3H3,(H2,13,16)(H,14,17). The number of rotatable bonds is 8. The molecule has 6 heteroatoms. The predicted octanol–water partition coefficient (Wildman–Crippen LogP) is 0.508. The topological polar surface area (TPSA) is 92.4 Å². The summed E-state index contributed by atoms with van der Waals surface area (Å²) in [6.07, 6.45) is 0.902. The van der Waals surface area contributed by atoms with Crippen molar-refractivity contribution in [2.45, 2.75) is 39.7 Å². The molecule has 0 saturated carbocycles. The normalized spacial score (nSPS) is 13.1. The Kier molecular flexibility index (Phi) is 8.02. The van der Waals surface area contributed by atoms with Crippen molar-refractivity contribution >= 4 is 23.6 Å². The number of carbonyl (C=O) groups is 2. The van der Waals surface area contributed by atoms with E-state index in [0.29, 0.717) is 18.6 Å². The lowest BCUT2D eigenvalue weighted by Gasteiger charge is -2.31. The molecule has 0 aromatic carbocycles. The molecule has 18 heavy (non-hydrogen) atoms. The lowest BCUT2D eigenvalue weighted by atomic mass is 9.85. The number of nitrogens with one attached hydrogen (secondary N) is 1. The summed E-state index contributed by atoms with van der Waals surface area (Å²) < 4.78 is 0. The molecule has 5 nitrogen and oxygen atoms in total. The van der Waals surface area contributed by atoms with Gasteiger partial charge >= 0.3 is 0 Å². The second-order valence-electron chi connectivity index (χ2n) is 5.27.